The lowest BCUT2D eigenvalue weighted by Crippen LogP contribution is -2.18. The molecule has 1 atom stereocenters. The summed E-state index contributed by atoms with van der Waals surface area (Å²) in [4.78, 5) is 0. The monoisotopic (exact) mass is 242 g/mol. The maximum atomic E-state index is 13.4. The minimum absolute atomic E-state index is 0.180. The predicted octanol–water partition coefficient (Wildman–Crippen LogP) is 3.84. The van der Waals surface area contributed by atoms with E-state index < -0.39 is 6.17 Å². The smallest absolute Gasteiger partial charge is 0.107 e. The molecule has 1 aliphatic carbocycles. The van der Waals surface area contributed by atoms with Crippen LogP contribution in [0.25, 0.3) is 0 Å². The van der Waals surface area contributed by atoms with Crippen LogP contribution in [0.3, 0.4) is 0 Å². The van der Waals surface area contributed by atoms with Gasteiger partial charge in [0.15, 0.2) is 0 Å². The highest BCUT2D eigenvalue weighted by Gasteiger charge is 2.50. The van der Waals surface area contributed by atoms with Crippen LogP contribution in [-0.4, -0.2) is 6.17 Å². The van der Waals surface area contributed by atoms with Gasteiger partial charge in [-0.15, -0.1) is 0 Å². The molecule has 1 fully saturated rings. The zero-order valence-electron chi connectivity index (χ0n) is 7.56. The molecule has 0 aromatic heterocycles. The molecule has 0 nitrogen and oxygen atoms in total. The summed E-state index contributed by atoms with van der Waals surface area (Å²) >= 11 is 3.47. The van der Waals surface area contributed by atoms with E-state index in [2.05, 4.69) is 15.9 Å². The Hall–Kier alpha value is -0.370. The summed E-state index contributed by atoms with van der Waals surface area (Å²) in [5.41, 5.74) is 0.949. The SMILES string of the molecule is CC(F)C1(c2ccccc2Br)CC1. The molecule has 13 heavy (non-hydrogen) atoms. The summed E-state index contributed by atoms with van der Waals surface area (Å²) in [5, 5.41) is 0. The van der Waals surface area contributed by atoms with Crippen LogP contribution in [0.4, 0.5) is 4.39 Å². The topological polar surface area (TPSA) is 0 Å². The largest absolute Gasteiger partial charge is 0.247 e. The van der Waals surface area contributed by atoms with E-state index in [4.69, 9.17) is 0 Å². The van der Waals surface area contributed by atoms with Gasteiger partial charge in [-0.2, -0.15) is 0 Å². The fourth-order valence-corrected chi connectivity index (χ4v) is 2.56. The van der Waals surface area contributed by atoms with Crippen molar-refractivity contribution in [3.8, 4) is 0 Å². The van der Waals surface area contributed by atoms with Crippen LogP contribution in [0, 0.1) is 0 Å². The van der Waals surface area contributed by atoms with Gasteiger partial charge in [0.25, 0.3) is 0 Å². The van der Waals surface area contributed by atoms with Crippen molar-refractivity contribution in [1.82, 2.24) is 0 Å². The van der Waals surface area contributed by atoms with Crippen molar-refractivity contribution in [2.75, 3.05) is 0 Å². The molecule has 0 saturated heterocycles. The van der Waals surface area contributed by atoms with Crippen LogP contribution in [0.15, 0.2) is 28.7 Å². The third-order valence-corrected chi connectivity index (χ3v) is 3.65. The van der Waals surface area contributed by atoms with Crippen molar-refractivity contribution in [1.29, 1.82) is 0 Å². The van der Waals surface area contributed by atoms with Gasteiger partial charge in [-0.3, -0.25) is 0 Å². The van der Waals surface area contributed by atoms with Gasteiger partial charge in [0.05, 0.1) is 0 Å². The van der Waals surface area contributed by atoms with E-state index in [1.807, 2.05) is 24.3 Å². The number of alkyl halides is 1. The van der Waals surface area contributed by atoms with Gasteiger partial charge in [-0.25, -0.2) is 4.39 Å². The Morgan fingerprint density at radius 2 is 2.00 bits per heavy atom. The number of rotatable bonds is 2. The van der Waals surface area contributed by atoms with Gasteiger partial charge in [0.1, 0.15) is 6.17 Å². The molecule has 0 N–H and O–H groups in total. The number of halogens is 2. The van der Waals surface area contributed by atoms with Crippen molar-refractivity contribution < 1.29 is 4.39 Å². The van der Waals surface area contributed by atoms with Crippen LogP contribution in [0.5, 0.6) is 0 Å². The fraction of sp³-hybridized carbons (Fsp3) is 0.455. The number of hydrogen-bond donors (Lipinski definition) is 0. The Labute approximate surface area is 86.3 Å². The van der Waals surface area contributed by atoms with Gasteiger partial charge in [-0.05, 0) is 31.4 Å². The van der Waals surface area contributed by atoms with E-state index in [1.54, 1.807) is 6.92 Å². The van der Waals surface area contributed by atoms with E-state index in [9.17, 15) is 4.39 Å². The average Bonchev–Trinajstić information content (AvgIpc) is 2.85. The van der Waals surface area contributed by atoms with Gasteiger partial charge < -0.3 is 0 Å². The summed E-state index contributed by atoms with van der Waals surface area (Å²) in [6, 6.07) is 7.94. The average molecular weight is 243 g/mol. The second-order valence-corrected chi connectivity index (χ2v) is 4.61. The molecule has 0 bridgehead atoms. The number of benzene rings is 1. The third kappa shape index (κ3) is 1.41. The zero-order valence-corrected chi connectivity index (χ0v) is 9.14. The standard InChI is InChI=1S/C11H12BrF/c1-8(13)11(6-7-11)9-4-2-3-5-10(9)12/h2-5,8H,6-7H2,1H3. The molecule has 0 amide bonds. The number of hydrogen-bond acceptors (Lipinski definition) is 0. The van der Waals surface area contributed by atoms with E-state index in [-0.39, 0.29) is 5.41 Å². The Morgan fingerprint density at radius 3 is 2.46 bits per heavy atom. The molecule has 70 valence electrons. The Morgan fingerprint density at radius 1 is 1.38 bits per heavy atom. The van der Waals surface area contributed by atoms with E-state index >= 15 is 0 Å². The molecule has 1 aliphatic rings. The zero-order chi connectivity index (χ0) is 9.47. The Bertz CT molecular complexity index is 316. The molecule has 1 aromatic rings. The van der Waals surface area contributed by atoms with Crippen molar-refractivity contribution >= 4 is 15.9 Å². The quantitative estimate of drug-likeness (QED) is 0.740. The second kappa shape index (κ2) is 3.09. The first-order valence-electron chi connectivity index (χ1n) is 4.56. The van der Waals surface area contributed by atoms with Crippen molar-refractivity contribution in [2.24, 2.45) is 0 Å². The second-order valence-electron chi connectivity index (χ2n) is 3.75. The van der Waals surface area contributed by atoms with E-state index in [0.717, 1.165) is 22.9 Å². The van der Waals surface area contributed by atoms with Crippen LogP contribution in [0.2, 0.25) is 0 Å². The first-order chi connectivity index (χ1) is 6.17. The highest BCUT2D eigenvalue weighted by atomic mass is 79.9. The van der Waals surface area contributed by atoms with Crippen molar-refractivity contribution in [2.45, 2.75) is 31.4 Å². The summed E-state index contributed by atoms with van der Waals surface area (Å²) in [6.07, 6.45) is 1.21. The first kappa shape index (κ1) is 9.20. The molecular weight excluding hydrogens is 231 g/mol. The molecule has 1 unspecified atom stereocenters. The molecule has 0 aliphatic heterocycles. The summed E-state index contributed by atoms with van der Waals surface area (Å²) in [5.74, 6) is 0. The van der Waals surface area contributed by atoms with Crippen molar-refractivity contribution in [3.63, 3.8) is 0 Å². The summed E-state index contributed by atoms with van der Waals surface area (Å²) in [6.45, 7) is 1.66. The lowest BCUT2D eigenvalue weighted by atomic mass is 9.92. The molecule has 0 radical (unpaired) electrons. The Balaban J connectivity index is 2.41. The summed E-state index contributed by atoms with van der Waals surface area (Å²) in [7, 11) is 0. The molecular formula is C11H12BrF. The lowest BCUT2D eigenvalue weighted by Gasteiger charge is -2.18. The highest BCUT2D eigenvalue weighted by molar-refractivity contribution is 9.10. The fourth-order valence-electron chi connectivity index (χ4n) is 1.88. The van der Waals surface area contributed by atoms with E-state index in [1.165, 1.54) is 0 Å². The molecule has 2 rings (SSSR count). The van der Waals surface area contributed by atoms with Crippen LogP contribution in [-0.2, 0) is 5.41 Å². The maximum absolute atomic E-state index is 13.4. The van der Waals surface area contributed by atoms with Crippen molar-refractivity contribution in [3.05, 3.63) is 34.3 Å². The van der Waals surface area contributed by atoms with Gasteiger partial charge >= 0.3 is 0 Å². The molecule has 0 heterocycles. The normalized spacial score (nSPS) is 21.2. The molecule has 1 saturated carbocycles. The predicted molar refractivity (Wildman–Crippen MR) is 55.6 cm³/mol. The van der Waals surface area contributed by atoms with Crippen LogP contribution in [0.1, 0.15) is 25.3 Å². The minimum Gasteiger partial charge on any atom is -0.247 e. The van der Waals surface area contributed by atoms with Crippen LogP contribution < -0.4 is 0 Å². The van der Waals surface area contributed by atoms with Crippen LogP contribution >= 0.6 is 15.9 Å². The van der Waals surface area contributed by atoms with Gasteiger partial charge in [-0.1, -0.05) is 34.1 Å². The minimum atomic E-state index is -0.744. The third-order valence-electron chi connectivity index (χ3n) is 2.96. The maximum Gasteiger partial charge on any atom is 0.107 e. The summed E-state index contributed by atoms with van der Waals surface area (Å²) < 4.78 is 14.4. The lowest BCUT2D eigenvalue weighted by molar-refractivity contribution is 0.289. The highest BCUT2D eigenvalue weighted by Crippen LogP contribution is 2.53. The van der Waals surface area contributed by atoms with Gasteiger partial charge in [0.2, 0.25) is 0 Å². The molecule has 0 spiro atoms. The van der Waals surface area contributed by atoms with E-state index in [0.29, 0.717) is 0 Å². The Kier molecular flexibility index (Phi) is 2.18. The molecule has 2 heteroatoms. The molecule has 1 aromatic carbocycles. The first-order valence-corrected chi connectivity index (χ1v) is 5.35. The van der Waals surface area contributed by atoms with Gasteiger partial charge in [0, 0.05) is 9.89 Å².